The van der Waals surface area contributed by atoms with Crippen LogP contribution in [0.3, 0.4) is 0 Å². The number of fused-ring (bicyclic) bond motifs is 1. The smallest absolute Gasteiger partial charge is 0.238 e. The van der Waals surface area contributed by atoms with Gasteiger partial charge in [0.1, 0.15) is 5.82 Å². The van der Waals surface area contributed by atoms with Crippen molar-refractivity contribution in [3.8, 4) is 0 Å². The molecule has 0 unspecified atom stereocenters. The number of carbonyl (C=O) groups excluding carboxylic acids is 1. The van der Waals surface area contributed by atoms with E-state index in [-0.39, 0.29) is 10.8 Å². The number of aromatic nitrogens is 2. The zero-order chi connectivity index (χ0) is 21.0. The molecule has 0 aliphatic carbocycles. The second-order valence-electron chi connectivity index (χ2n) is 6.72. The van der Waals surface area contributed by atoms with E-state index in [1.165, 1.54) is 19.1 Å². The van der Waals surface area contributed by atoms with Crippen LogP contribution in [0.4, 0.5) is 5.69 Å². The number of nitrogens with one attached hydrogen (secondary N) is 1. The van der Waals surface area contributed by atoms with Crippen LogP contribution in [0.2, 0.25) is 0 Å². The molecule has 0 radical (unpaired) electrons. The molecular formula is C20H24N4O3S2. The van der Waals surface area contributed by atoms with Crippen molar-refractivity contribution in [3.63, 3.8) is 0 Å². The van der Waals surface area contributed by atoms with Gasteiger partial charge in [-0.3, -0.25) is 4.79 Å². The highest BCUT2D eigenvalue weighted by atomic mass is 32.2. The van der Waals surface area contributed by atoms with Crippen LogP contribution >= 0.6 is 11.8 Å². The zero-order valence-corrected chi connectivity index (χ0v) is 18.0. The molecule has 1 amide bonds. The molecular weight excluding hydrogens is 408 g/mol. The number of imidazole rings is 1. The van der Waals surface area contributed by atoms with E-state index in [1.54, 1.807) is 17.8 Å². The van der Waals surface area contributed by atoms with Crippen LogP contribution in [-0.4, -0.2) is 23.9 Å². The van der Waals surface area contributed by atoms with Crippen molar-refractivity contribution in [1.82, 2.24) is 9.55 Å². The molecule has 7 nitrogen and oxygen atoms in total. The average molecular weight is 433 g/mol. The molecule has 0 saturated carbocycles. The van der Waals surface area contributed by atoms with Gasteiger partial charge in [0.05, 0.1) is 21.7 Å². The van der Waals surface area contributed by atoms with Gasteiger partial charge in [0.15, 0.2) is 0 Å². The van der Waals surface area contributed by atoms with Gasteiger partial charge in [-0.25, -0.2) is 18.5 Å². The summed E-state index contributed by atoms with van der Waals surface area (Å²) in [4.78, 5) is 16.9. The van der Waals surface area contributed by atoms with E-state index in [0.29, 0.717) is 11.3 Å². The lowest BCUT2D eigenvalue weighted by atomic mass is 10.3. The van der Waals surface area contributed by atoms with Crippen molar-refractivity contribution in [3.05, 3.63) is 48.3 Å². The number of carbonyl (C=O) groups is 1. The summed E-state index contributed by atoms with van der Waals surface area (Å²) in [5.74, 6) is 1.42. The van der Waals surface area contributed by atoms with Crippen LogP contribution in [-0.2, 0) is 27.1 Å². The number of aryl methyl sites for hydroxylation is 1. The molecule has 0 fully saturated rings. The molecule has 29 heavy (non-hydrogen) atoms. The van der Waals surface area contributed by atoms with Crippen LogP contribution in [0.15, 0.2) is 52.3 Å². The molecule has 154 valence electrons. The summed E-state index contributed by atoms with van der Waals surface area (Å²) in [7, 11) is -3.77. The van der Waals surface area contributed by atoms with Gasteiger partial charge in [-0.05, 0) is 48.9 Å². The number of unbranched alkanes of at least 4 members (excludes halogenated alkanes) is 1. The first-order valence-electron chi connectivity index (χ1n) is 9.30. The van der Waals surface area contributed by atoms with E-state index in [1.807, 2.05) is 24.3 Å². The molecule has 0 bridgehead atoms. The Kier molecular flexibility index (Phi) is 6.61. The van der Waals surface area contributed by atoms with Gasteiger partial charge >= 0.3 is 0 Å². The summed E-state index contributed by atoms with van der Waals surface area (Å²) < 4.78 is 25.5. The molecule has 0 saturated heterocycles. The molecule has 9 heteroatoms. The van der Waals surface area contributed by atoms with Gasteiger partial charge < -0.3 is 9.88 Å². The number of anilines is 1. The first-order chi connectivity index (χ1) is 13.8. The lowest BCUT2D eigenvalue weighted by Gasteiger charge is -2.09. The molecule has 2 aromatic carbocycles. The van der Waals surface area contributed by atoms with E-state index < -0.39 is 10.0 Å². The summed E-state index contributed by atoms with van der Waals surface area (Å²) in [6.45, 7) is 4.42. The van der Waals surface area contributed by atoms with Gasteiger partial charge in [-0.1, -0.05) is 13.3 Å². The highest BCUT2D eigenvalue weighted by molar-refractivity contribution is 7.98. The van der Waals surface area contributed by atoms with Crippen LogP contribution in [0.1, 0.15) is 32.5 Å². The lowest BCUT2D eigenvalue weighted by Crippen LogP contribution is -2.11. The Morgan fingerprint density at radius 1 is 1.21 bits per heavy atom. The van der Waals surface area contributed by atoms with E-state index in [0.717, 1.165) is 41.3 Å². The third-order valence-corrected chi connectivity index (χ3v) is 6.32. The molecule has 0 aliphatic rings. The standard InChI is InChI=1S/C20H24N4O3S2/c1-3-4-11-24-19-10-9-17(29(21,26)27)12-18(19)23-20(24)13-28-16-7-5-15(6-8-16)22-14(2)25/h5-10,12H,3-4,11,13H2,1-2H3,(H,22,25)(H2,21,26,27). The van der Waals surface area contributed by atoms with Crippen molar-refractivity contribution in [2.24, 2.45) is 5.14 Å². The molecule has 3 N–H and O–H groups in total. The van der Waals surface area contributed by atoms with Gasteiger partial charge in [0.25, 0.3) is 0 Å². The largest absolute Gasteiger partial charge is 0.327 e. The summed E-state index contributed by atoms with van der Waals surface area (Å²) in [5, 5.41) is 8.01. The van der Waals surface area contributed by atoms with Crippen LogP contribution in [0.5, 0.6) is 0 Å². The number of primary sulfonamides is 1. The van der Waals surface area contributed by atoms with Gasteiger partial charge in [0, 0.05) is 24.1 Å². The van der Waals surface area contributed by atoms with Crippen molar-refractivity contribution in [1.29, 1.82) is 0 Å². The fourth-order valence-electron chi connectivity index (χ4n) is 3.00. The normalized spacial score (nSPS) is 11.7. The van der Waals surface area contributed by atoms with Gasteiger partial charge in [0.2, 0.25) is 15.9 Å². The fraction of sp³-hybridized carbons (Fsp3) is 0.300. The predicted octanol–water partition coefficient (Wildman–Crippen LogP) is 3.73. The molecule has 0 spiro atoms. The van der Waals surface area contributed by atoms with E-state index >= 15 is 0 Å². The summed E-state index contributed by atoms with van der Waals surface area (Å²) in [6, 6.07) is 12.5. The second kappa shape index (κ2) is 8.98. The van der Waals surface area contributed by atoms with E-state index in [9.17, 15) is 13.2 Å². The maximum atomic E-state index is 11.7. The Bertz CT molecular complexity index is 1120. The maximum Gasteiger partial charge on any atom is 0.238 e. The number of rotatable bonds is 8. The topological polar surface area (TPSA) is 107 Å². The van der Waals surface area contributed by atoms with E-state index in [2.05, 4.69) is 21.8 Å². The van der Waals surface area contributed by atoms with Crippen molar-refractivity contribution in [2.45, 2.75) is 48.8 Å². The van der Waals surface area contributed by atoms with Crippen LogP contribution in [0.25, 0.3) is 11.0 Å². The average Bonchev–Trinajstić information content (AvgIpc) is 3.01. The minimum atomic E-state index is -3.77. The lowest BCUT2D eigenvalue weighted by molar-refractivity contribution is -0.114. The Hall–Kier alpha value is -2.36. The first-order valence-corrected chi connectivity index (χ1v) is 11.8. The Labute approximate surface area is 174 Å². The third kappa shape index (κ3) is 5.37. The quantitative estimate of drug-likeness (QED) is 0.527. The number of hydrogen-bond acceptors (Lipinski definition) is 5. The summed E-state index contributed by atoms with van der Waals surface area (Å²) in [6.07, 6.45) is 2.05. The van der Waals surface area contributed by atoms with Crippen LogP contribution < -0.4 is 10.5 Å². The van der Waals surface area contributed by atoms with Crippen LogP contribution in [0, 0.1) is 0 Å². The van der Waals surface area contributed by atoms with Gasteiger partial charge in [-0.2, -0.15) is 0 Å². The van der Waals surface area contributed by atoms with Crippen molar-refractivity contribution < 1.29 is 13.2 Å². The Morgan fingerprint density at radius 2 is 1.93 bits per heavy atom. The number of hydrogen-bond donors (Lipinski definition) is 2. The van der Waals surface area contributed by atoms with E-state index in [4.69, 9.17) is 5.14 Å². The number of amides is 1. The minimum Gasteiger partial charge on any atom is -0.327 e. The monoisotopic (exact) mass is 432 g/mol. The predicted molar refractivity (Wildman–Crippen MR) is 116 cm³/mol. The Balaban J connectivity index is 1.85. The summed E-state index contributed by atoms with van der Waals surface area (Å²) >= 11 is 1.63. The Morgan fingerprint density at radius 3 is 2.55 bits per heavy atom. The fourth-order valence-corrected chi connectivity index (χ4v) is 4.38. The maximum absolute atomic E-state index is 11.7. The first kappa shape index (κ1) is 21.4. The molecule has 0 aliphatic heterocycles. The SMILES string of the molecule is CCCCn1c(CSc2ccc(NC(C)=O)cc2)nc2cc(S(N)(=O)=O)ccc21. The number of sulfonamides is 1. The third-order valence-electron chi connectivity index (χ3n) is 4.41. The van der Waals surface area contributed by atoms with Crippen molar-refractivity contribution >= 4 is 44.4 Å². The van der Waals surface area contributed by atoms with Gasteiger partial charge in [-0.15, -0.1) is 11.8 Å². The number of benzene rings is 2. The number of nitrogens with two attached hydrogens (primary N) is 1. The molecule has 3 aromatic rings. The molecule has 0 atom stereocenters. The molecule has 1 heterocycles. The number of thioether (sulfide) groups is 1. The highest BCUT2D eigenvalue weighted by Gasteiger charge is 2.15. The number of nitrogens with zero attached hydrogens (tertiary/aromatic N) is 2. The zero-order valence-electron chi connectivity index (χ0n) is 16.4. The minimum absolute atomic E-state index is 0.0675. The summed E-state index contributed by atoms with van der Waals surface area (Å²) in [5.41, 5.74) is 2.29. The highest BCUT2D eigenvalue weighted by Crippen LogP contribution is 2.27. The molecule has 3 rings (SSSR count). The molecule has 1 aromatic heterocycles. The second-order valence-corrected chi connectivity index (χ2v) is 9.33. The van der Waals surface area contributed by atoms with Crippen molar-refractivity contribution in [2.75, 3.05) is 5.32 Å².